The number of hydrogen-bond donors (Lipinski definition) is 1. The Labute approximate surface area is 132 Å². The van der Waals surface area contributed by atoms with Crippen LogP contribution in [-0.4, -0.2) is 54.7 Å². The minimum atomic E-state index is 0. The monoisotopic (exact) mass is 387 g/mol. The van der Waals surface area contributed by atoms with Gasteiger partial charge in [0.1, 0.15) is 0 Å². The van der Waals surface area contributed by atoms with Gasteiger partial charge >= 0.3 is 0 Å². The van der Waals surface area contributed by atoms with E-state index < -0.39 is 0 Å². The summed E-state index contributed by atoms with van der Waals surface area (Å²) in [6.45, 7) is 7.84. The number of rotatable bonds is 6. The standard InChI is InChI=1S/C12H25N3OS.HI/c1-11(2)16-8-4-3-5-14-12(13)15-6-9-17-10-7-15;/h11H,3-10H2,1-2H3,(H2,13,14);1H. The maximum absolute atomic E-state index is 5.95. The molecular weight excluding hydrogens is 361 g/mol. The first-order valence-corrected chi connectivity index (χ1v) is 7.60. The van der Waals surface area contributed by atoms with Gasteiger partial charge in [0.25, 0.3) is 0 Å². The highest BCUT2D eigenvalue weighted by Gasteiger charge is 2.11. The molecular formula is C12H26IN3OS. The number of guanidine groups is 1. The van der Waals surface area contributed by atoms with E-state index in [-0.39, 0.29) is 24.0 Å². The molecule has 4 nitrogen and oxygen atoms in total. The number of halogens is 1. The second-order valence-corrected chi connectivity index (χ2v) is 5.69. The number of ether oxygens (including phenoxy) is 1. The molecule has 0 aliphatic carbocycles. The number of unbranched alkanes of at least 4 members (excludes halogenated alkanes) is 1. The van der Waals surface area contributed by atoms with Crippen LogP contribution >= 0.6 is 35.7 Å². The summed E-state index contributed by atoms with van der Waals surface area (Å²) < 4.78 is 5.47. The Balaban J connectivity index is 0.00000289. The van der Waals surface area contributed by atoms with Crippen LogP contribution < -0.4 is 5.73 Å². The van der Waals surface area contributed by atoms with Crippen molar-refractivity contribution in [1.82, 2.24) is 4.90 Å². The molecule has 0 spiro atoms. The van der Waals surface area contributed by atoms with E-state index in [2.05, 4.69) is 23.7 Å². The molecule has 0 atom stereocenters. The van der Waals surface area contributed by atoms with Crippen molar-refractivity contribution in [3.05, 3.63) is 0 Å². The van der Waals surface area contributed by atoms with Gasteiger partial charge in [-0.05, 0) is 26.7 Å². The van der Waals surface area contributed by atoms with E-state index in [4.69, 9.17) is 10.5 Å². The number of thioether (sulfide) groups is 1. The minimum absolute atomic E-state index is 0. The van der Waals surface area contributed by atoms with Gasteiger partial charge in [-0.2, -0.15) is 11.8 Å². The molecule has 1 saturated heterocycles. The second kappa shape index (κ2) is 11.2. The molecule has 0 bridgehead atoms. The fourth-order valence-corrected chi connectivity index (χ4v) is 2.52. The maximum atomic E-state index is 5.95. The molecule has 0 radical (unpaired) electrons. The highest BCUT2D eigenvalue weighted by Crippen LogP contribution is 2.08. The predicted molar refractivity (Wildman–Crippen MR) is 91.1 cm³/mol. The van der Waals surface area contributed by atoms with Crippen molar-refractivity contribution >= 4 is 41.7 Å². The fraction of sp³-hybridized carbons (Fsp3) is 0.917. The van der Waals surface area contributed by atoms with Gasteiger partial charge in [-0.1, -0.05) is 0 Å². The van der Waals surface area contributed by atoms with Gasteiger partial charge in [-0.25, -0.2) is 0 Å². The Hall–Kier alpha value is 0.310. The van der Waals surface area contributed by atoms with Crippen molar-refractivity contribution in [2.24, 2.45) is 10.7 Å². The molecule has 1 aliphatic rings. The Morgan fingerprint density at radius 2 is 2.00 bits per heavy atom. The smallest absolute Gasteiger partial charge is 0.191 e. The van der Waals surface area contributed by atoms with E-state index >= 15 is 0 Å². The molecule has 0 aromatic carbocycles. The van der Waals surface area contributed by atoms with Gasteiger partial charge in [0.05, 0.1) is 6.10 Å². The van der Waals surface area contributed by atoms with Crippen molar-refractivity contribution < 1.29 is 4.74 Å². The first-order valence-electron chi connectivity index (χ1n) is 6.44. The van der Waals surface area contributed by atoms with Crippen LogP contribution in [0.25, 0.3) is 0 Å². The van der Waals surface area contributed by atoms with Crippen molar-refractivity contribution in [3.8, 4) is 0 Å². The van der Waals surface area contributed by atoms with Gasteiger partial charge in [0.2, 0.25) is 0 Å². The molecule has 18 heavy (non-hydrogen) atoms. The molecule has 6 heteroatoms. The van der Waals surface area contributed by atoms with Crippen LogP contribution in [0.1, 0.15) is 26.7 Å². The second-order valence-electron chi connectivity index (χ2n) is 4.47. The Morgan fingerprint density at radius 3 is 2.61 bits per heavy atom. The third kappa shape index (κ3) is 8.42. The zero-order valence-electron chi connectivity index (χ0n) is 11.4. The third-order valence-corrected chi connectivity index (χ3v) is 3.56. The van der Waals surface area contributed by atoms with Crippen LogP contribution in [0.3, 0.4) is 0 Å². The average Bonchev–Trinajstić information content (AvgIpc) is 2.34. The van der Waals surface area contributed by atoms with Crippen molar-refractivity contribution in [3.63, 3.8) is 0 Å². The lowest BCUT2D eigenvalue weighted by Crippen LogP contribution is -2.42. The summed E-state index contributed by atoms with van der Waals surface area (Å²) in [5.74, 6) is 3.05. The fourth-order valence-electron chi connectivity index (χ4n) is 1.62. The topological polar surface area (TPSA) is 50.9 Å². The molecule has 1 fully saturated rings. The van der Waals surface area contributed by atoms with Crippen molar-refractivity contribution in [1.29, 1.82) is 0 Å². The van der Waals surface area contributed by atoms with Crippen LogP contribution in [-0.2, 0) is 4.74 Å². The van der Waals surface area contributed by atoms with Crippen LogP contribution in [0, 0.1) is 0 Å². The zero-order chi connectivity index (χ0) is 12.5. The van der Waals surface area contributed by atoms with Crippen molar-refractivity contribution in [2.45, 2.75) is 32.8 Å². The van der Waals surface area contributed by atoms with Crippen LogP contribution in [0.2, 0.25) is 0 Å². The molecule has 1 aliphatic heterocycles. The molecule has 0 unspecified atom stereocenters. The molecule has 1 rings (SSSR count). The zero-order valence-corrected chi connectivity index (χ0v) is 14.6. The minimum Gasteiger partial charge on any atom is -0.379 e. The summed E-state index contributed by atoms with van der Waals surface area (Å²) >= 11 is 1.98. The summed E-state index contributed by atoms with van der Waals surface area (Å²) in [4.78, 5) is 6.60. The van der Waals surface area contributed by atoms with E-state index in [0.717, 1.165) is 45.0 Å². The number of nitrogens with zero attached hydrogens (tertiary/aromatic N) is 2. The van der Waals surface area contributed by atoms with Gasteiger partial charge in [0.15, 0.2) is 5.96 Å². The van der Waals surface area contributed by atoms with Gasteiger partial charge < -0.3 is 15.4 Å². The van der Waals surface area contributed by atoms with E-state index in [1.165, 1.54) is 11.5 Å². The molecule has 0 saturated carbocycles. The van der Waals surface area contributed by atoms with E-state index in [0.29, 0.717) is 6.10 Å². The van der Waals surface area contributed by atoms with E-state index in [9.17, 15) is 0 Å². The molecule has 108 valence electrons. The van der Waals surface area contributed by atoms with Crippen LogP contribution in [0.4, 0.5) is 0 Å². The lowest BCUT2D eigenvalue weighted by molar-refractivity contribution is 0.0763. The predicted octanol–water partition coefficient (Wildman–Crippen LogP) is 2.17. The molecule has 0 amide bonds. The average molecular weight is 387 g/mol. The number of hydrogen-bond acceptors (Lipinski definition) is 3. The van der Waals surface area contributed by atoms with Gasteiger partial charge in [-0.3, -0.25) is 4.99 Å². The maximum Gasteiger partial charge on any atom is 0.191 e. The normalized spacial score (nSPS) is 16.8. The third-order valence-electron chi connectivity index (χ3n) is 2.61. The molecule has 0 aromatic heterocycles. The Bertz CT molecular complexity index is 233. The Kier molecular flexibility index (Phi) is 11.4. The summed E-state index contributed by atoms with van der Waals surface area (Å²) in [7, 11) is 0. The van der Waals surface area contributed by atoms with E-state index in [1.807, 2.05) is 11.8 Å². The van der Waals surface area contributed by atoms with Crippen LogP contribution in [0.5, 0.6) is 0 Å². The van der Waals surface area contributed by atoms with E-state index in [1.54, 1.807) is 0 Å². The quantitative estimate of drug-likeness (QED) is 0.329. The summed E-state index contributed by atoms with van der Waals surface area (Å²) in [6, 6.07) is 0. The van der Waals surface area contributed by atoms with Gasteiger partial charge in [0, 0.05) is 37.7 Å². The lowest BCUT2D eigenvalue weighted by atomic mass is 10.3. The molecule has 2 N–H and O–H groups in total. The molecule has 0 aromatic rings. The first kappa shape index (κ1) is 18.3. The summed E-state index contributed by atoms with van der Waals surface area (Å²) in [6.07, 6.45) is 2.44. The largest absolute Gasteiger partial charge is 0.379 e. The number of nitrogens with two attached hydrogens (primary N) is 1. The summed E-state index contributed by atoms with van der Waals surface area (Å²) in [5, 5.41) is 0. The highest BCUT2D eigenvalue weighted by atomic mass is 127. The first-order chi connectivity index (χ1) is 8.20. The van der Waals surface area contributed by atoms with Crippen LogP contribution in [0.15, 0.2) is 4.99 Å². The van der Waals surface area contributed by atoms with Crippen molar-refractivity contribution in [2.75, 3.05) is 37.7 Å². The Morgan fingerprint density at radius 1 is 1.33 bits per heavy atom. The summed E-state index contributed by atoms with van der Waals surface area (Å²) in [5.41, 5.74) is 5.95. The highest BCUT2D eigenvalue weighted by molar-refractivity contribution is 14.0. The van der Waals surface area contributed by atoms with Gasteiger partial charge in [-0.15, -0.1) is 24.0 Å². The number of aliphatic imine (C=N–C) groups is 1. The lowest BCUT2D eigenvalue weighted by Gasteiger charge is -2.27. The molecule has 1 heterocycles. The SMILES string of the molecule is CC(C)OCCCCN=C(N)N1CCSCC1.I.